The summed E-state index contributed by atoms with van der Waals surface area (Å²) < 4.78 is 11.6. The first-order valence-corrected chi connectivity index (χ1v) is 10.1. The van der Waals surface area contributed by atoms with Gasteiger partial charge >= 0.3 is 0 Å². The van der Waals surface area contributed by atoms with Crippen LogP contribution < -0.4 is 20.1 Å². The Morgan fingerprint density at radius 3 is 2.86 bits per heavy atom. The molecule has 0 radical (unpaired) electrons. The van der Waals surface area contributed by atoms with E-state index in [1.54, 1.807) is 13.3 Å². The van der Waals surface area contributed by atoms with Crippen LogP contribution >= 0.6 is 12.2 Å². The molecular formula is C23H25N3O2S. The number of aryl methyl sites for hydroxylation is 1. The number of pyridine rings is 1. The number of benzene rings is 2. The number of fused-ring (bicyclic) bond motifs is 2. The van der Waals surface area contributed by atoms with Crippen LogP contribution in [-0.2, 0) is 0 Å². The van der Waals surface area contributed by atoms with Gasteiger partial charge in [0.2, 0.25) is 0 Å². The maximum atomic E-state index is 6.19. The van der Waals surface area contributed by atoms with E-state index in [-0.39, 0.29) is 11.6 Å². The number of ether oxygens (including phenoxy) is 2. The zero-order valence-corrected chi connectivity index (χ0v) is 17.9. The van der Waals surface area contributed by atoms with Gasteiger partial charge in [0, 0.05) is 29.3 Å². The van der Waals surface area contributed by atoms with Gasteiger partial charge in [0.25, 0.3) is 0 Å². The number of anilines is 1. The second kappa shape index (κ2) is 7.52. The summed E-state index contributed by atoms with van der Waals surface area (Å²) in [5.74, 6) is 1.65. The van der Waals surface area contributed by atoms with E-state index in [2.05, 4.69) is 54.6 Å². The second-order valence-corrected chi connectivity index (χ2v) is 8.38. The highest BCUT2D eigenvalue weighted by molar-refractivity contribution is 7.80. The van der Waals surface area contributed by atoms with E-state index in [0.29, 0.717) is 5.11 Å². The van der Waals surface area contributed by atoms with Crippen molar-refractivity contribution < 1.29 is 9.47 Å². The minimum atomic E-state index is -0.273. The molecule has 1 atom stereocenters. The van der Waals surface area contributed by atoms with Crippen molar-refractivity contribution >= 4 is 33.9 Å². The van der Waals surface area contributed by atoms with Gasteiger partial charge in [0.05, 0.1) is 13.2 Å². The van der Waals surface area contributed by atoms with Gasteiger partial charge in [-0.05, 0) is 68.9 Å². The summed E-state index contributed by atoms with van der Waals surface area (Å²) in [6, 6.07) is 14.1. The van der Waals surface area contributed by atoms with E-state index >= 15 is 0 Å². The van der Waals surface area contributed by atoms with Crippen LogP contribution in [-0.4, -0.2) is 22.8 Å². The van der Waals surface area contributed by atoms with Gasteiger partial charge in [0.15, 0.2) is 5.11 Å². The molecule has 6 heteroatoms. The Morgan fingerprint density at radius 1 is 1.24 bits per heavy atom. The molecule has 0 amide bonds. The molecule has 1 aliphatic heterocycles. The monoisotopic (exact) mass is 407 g/mol. The van der Waals surface area contributed by atoms with Gasteiger partial charge < -0.3 is 20.1 Å². The molecule has 1 aliphatic rings. The van der Waals surface area contributed by atoms with Gasteiger partial charge in [-0.15, -0.1) is 0 Å². The molecule has 150 valence electrons. The number of hydrogen-bond donors (Lipinski definition) is 2. The number of hydrogen-bond acceptors (Lipinski definition) is 4. The lowest BCUT2D eigenvalue weighted by molar-refractivity contribution is 0.0696. The molecule has 0 aliphatic carbocycles. The van der Waals surface area contributed by atoms with Crippen LogP contribution in [0.4, 0.5) is 5.69 Å². The van der Waals surface area contributed by atoms with Crippen LogP contribution in [0.3, 0.4) is 0 Å². The van der Waals surface area contributed by atoms with E-state index in [4.69, 9.17) is 21.7 Å². The Morgan fingerprint density at radius 2 is 2.07 bits per heavy atom. The maximum Gasteiger partial charge on any atom is 0.171 e. The SMILES string of the molecule is COc1ccc(NC(=S)NC2CC(C)(C)Oc3cc(C)ccc32)c2cccnc12. The van der Waals surface area contributed by atoms with Gasteiger partial charge in [-0.3, -0.25) is 4.98 Å². The number of aromatic nitrogens is 1. The highest BCUT2D eigenvalue weighted by Crippen LogP contribution is 2.40. The molecule has 0 spiro atoms. The van der Waals surface area contributed by atoms with Crippen LogP contribution in [0.15, 0.2) is 48.7 Å². The average molecular weight is 408 g/mol. The Kier molecular flexibility index (Phi) is 5.04. The van der Waals surface area contributed by atoms with Crippen molar-refractivity contribution in [3.05, 3.63) is 59.8 Å². The zero-order valence-electron chi connectivity index (χ0n) is 17.1. The lowest BCUT2D eigenvalue weighted by Crippen LogP contribution is -2.42. The van der Waals surface area contributed by atoms with Gasteiger partial charge in [-0.1, -0.05) is 12.1 Å². The molecule has 3 aromatic rings. The first-order valence-electron chi connectivity index (χ1n) is 9.65. The van der Waals surface area contributed by atoms with Crippen molar-refractivity contribution in [2.24, 2.45) is 0 Å². The highest BCUT2D eigenvalue weighted by Gasteiger charge is 2.34. The summed E-state index contributed by atoms with van der Waals surface area (Å²) in [6.45, 7) is 6.28. The number of nitrogens with one attached hydrogen (secondary N) is 2. The fourth-order valence-electron chi connectivity index (χ4n) is 3.82. The predicted octanol–water partition coefficient (Wildman–Crippen LogP) is 5.14. The Balaban J connectivity index is 1.59. The van der Waals surface area contributed by atoms with Crippen molar-refractivity contribution in [1.82, 2.24) is 10.3 Å². The lowest BCUT2D eigenvalue weighted by Gasteiger charge is -2.38. The second-order valence-electron chi connectivity index (χ2n) is 7.97. The summed E-state index contributed by atoms with van der Waals surface area (Å²) >= 11 is 5.66. The van der Waals surface area contributed by atoms with Crippen LogP contribution in [0.5, 0.6) is 11.5 Å². The molecule has 0 fully saturated rings. The smallest absolute Gasteiger partial charge is 0.171 e. The Bertz CT molecular complexity index is 1080. The summed E-state index contributed by atoms with van der Waals surface area (Å²) in [6.07, 6.45) is 2.57. The van der Waals surface area contributed by atoms with Gasteiger partial charge in [-0.25, -0.2) is 0 Å². The number of nitrogens with zero attached hydrogens (tertiary/aromatic N) is 1. The molecule has 1 aromatic heterocycles. The first kappa shape index (κ1) is 19.5. The van der Waals surface area contributed by atoms with E-state index in [1.807, 2.05) is 24.3 Å². The molecule has 0 saturated heterocycles. The minimum absolute atomic E-state index is 0.0667. The molecular weight excluding hydrogens is 382 g/mol. The van der Waals surface area contributed by atoms with Crippen LogP contribution in [0.1, 0.15) is 37.4 Å². The summed E-state index contributed by atoms with van der Waals surface area (Å²) in [7, 11) is 1.65. The standard InChI is InChI=1S/C23H25N3O2S/c1-14-7-8-15-18(13-23(2,3)28-20(15)12-14)26-22(29)25-17-9-10-19(27-4)21-16(17)6-5-11-24-21/h5-12,18H,13H2,1-4H3,(H2,25,26,29). The predicted molar refractivity (Wildman–Crippen MR) is 121 cm³/mol. The molecule has 0 bridgehead atoms. The third-order valence-corrected chi connectivity index (χ3v) is 5.35. The van der Waals surface area contributed by atoms with Crippen molar-refractivity contribution in [3.63, 3.8) is 0 Å². The quantitative estimate of drug-likeness (QED) is 0.586. The third-order valence-electron chi connectivity index (χ3n) is 5.13. The largest absolute Gasteiger partial charge is 0.494 e. The third kappa shape index (κ3) is 3.98. The Labute approximate surface area is 176 Å². The van der Waals surface area contributed by atoms with Crippen LogP contribution in [0.25, 0.3) is 10.9 Å². The normalized spacial score (nSPS) is 17.2. The molecule has 5 nitrogen and oxygen atoms in total. The topological polar surface area (TPSA) is 55.4 Å². The fourth-order valence-corrected chi connectivity index (χ4v) is 4.08. The number of thiocarbonyl (C=S) groups is 1. The fraction of sp³-hybridized carbons (Fsp3) is 0.304. The van der Waals surface area contributed by atoms with E-state index in [0.717, 1.165) is 40.1 Å². The summed E-state index contributed by atoms with van der Waals surface area (Å²) in [4.78, 5) is 4.45. The molecule has 2 heterocycles. The molecule has 1 unspecified atom stereocenters. The van der Waals surface area contributed by atoms with Crippen molar-refractivity contribution in [2.45, 2.75) is 38.8 Å². The van der Waals surface area contributed by atoms with Gasteiger partial charge in [-0.2, -0.15) is 0 Å². The Hall–Kier alpha value is -2.86. The average Bonchev–Trinajstić information content (AvgIpc) is 2.67. The number of rotatable bonds is 3. The van der Waals surface area contributed by atoms with Gasteiger partial charge in [0.1, 0.15) is 22.6 Å². The minimum Gasteiger partial charge on any atom is -0.494 e. The molecule has 29 heavy (non-hydrogen) atoms. The van der Waals surface area contributed by atoms with E-state index in [1.165, 1.54) is 5.56 Å². The molecule has 4 rings (SSSR count). The zero-order chi connectivity index (χ0) is 20.6. The maximum absolute atomic E-state index is 6.19. The van der Waals surface area contributed by atoms with Crippen LogP contribution in [0, 0.1) is 6.92 Å². The van der Waals surface area contributed by atoms with Crippen molar-refractivity contribution in [3.8, 4) is 11.5 Å². The summed E-state index contributed by atoms with van der Waals surface area (Å²) in [5.41, 5.74) is 3.72. The highest BCUT2D eigenvalue weighted by atomic mass is 32.1. The van der Waals surface area contributed by atoms with E-state index in [9.17, 15) is 0 Å². The summed E-state index contributed by atoms with van der Waals surface area (Å²) in [5, 5.41) is 8.34. The first-order chi connectivity index (χ1) is 13.9. The van der Waals surface area contributed by atoms with Crippen molar-refractivity contribution in [2.75, 3.05) is 12.4 Å². The number of methoxy groups -OCH3 is 1. The molecule has 2 aromatic carbocycles. The molecule has 2 N–H and O–H groups in total. The van der Waals surface area contributed by atoms with Crippen molar-refractivity contribution in [1.29, 1.82) is 0 Å². The lowest BCUT2D eigenvalue weighted by atomic mass is 9.89. The van der Waals surface area contributed by atoms with E-state index < -0.39 is 0 Å². The molecule has 0 saturated carbocycles. The van der Waals surface area contributed by atoms with Crippen LogP contribution in [0.2, 0.25) is 0 Å².